The molecule has 1 aliphatic carbocycles. The Bertz CT molecular complexity index is 157. The highest BCUT2D eigenvalue weighted by Crippen LogP contribution is 2.21. The lowest BCUT2D eigenvalue weighted by Gasteiger charge is -2.18. The van der Waals surface area contributed by atoms with Crippen molar-refractivity contribution in [3.63, 3.8) is 0 Å². The SMILES string of the molecule is CC1OCCC1NOC1CCCC1. The Morgan fingerprint density at radius 3 is 2.62 bits per heavy atom. The molecular formula is C10H19NO2. The molecular weight excluding hydrogens is 166 g/mol. The van der Waals surface area contributed by atoms with Crippen molar-refractivity contribution in [3.8, 4) is 0 Å². The van der Waals surface area contributed by atoms with Gasteiger partial charge in [0, 0.05) is 6.61 Å². The number of nitrogens with one attached hydrogen (secondary N) is 1. The first-order valence-electron chi connectivity index (χ1n) is 5.39. The zero-order chi connectivity index (χ0) is 9.10. The van der Waals surface area contributed by atoms with Crippen LogP contribution in [-0.4, -0.2) is 24.9 Å². The van der Waals surface area contributed by atoms with Gasteiger partial charge in [-0.3, -0.25) is 4.84 Å². The minimum absolute atomic E-state index is 0.307. The van der Waals surface area contributed by atoms with Crippen LogP contribution in [0.2, 0.25) is 0 Å². The van der Waals surface area contributed by atoms with E-state index in [1.165, 1.54) is 25.7 Å². The predicted octanol–water partition coefficient (Wildman–Crippen LogP) is 1.63. The number of hydroxylamine groups is 1. The third-order valence-corrected chi connectivity index (χ3v) is 3.06. The van der Waals surface area contributed by atoms with E-state index in [4.69, 9.17) is 9.57 Å². The molecule has 0 radical (unpaired) electrons. The van der Waals surface area contributed by atoms with Gasteiger partial charge in [0.15, 0.2) is 0 Å². The summed E-state index contributed by atoms with van der Waals surface area (Å²) in [4.78, 5) is 5.63. The Hall–Kier alpha value is -0.120. The van der Waals surface area contributed by atoms with Gasteiger partial charge in [-0.05, 0) is 26.2 Å². The maximum atomic E-state index is 5.63. The lowest BCUT2D eigenvalue weighted by molar-refractivity contribution is -0.0511. The highest BCUT2D eigenvalue weighted by Gasteiger charge is 2.25. The molecule has 1 aliphatic heterocycles. The van der Waals surface area contributed by atoms with Gasteiger partial charge in [0.1, 0.15) is 0 Å². The van der Waals surface area contributed by atoms with Crippen LogP contribution in [0.4, 0.5) is 0 Å². The van der Waals surface area contributed by atoms with E-state index in [0.717, 1.165) is 13.0 Å². The topological polar surface area (TPSA) is 30.5 Å². The fourth-order valence-electron chi connectivity index (χ4n) is 2.08. The van der Waals surface area contributed by atoms with Crippen molar-refractivity contribution in [1.29, 1.82) is 0 Å². The predicted molar refractivity (Wildman–Crippen MR) is 50.3 cm³/mol. The van der Waals surface area contributed by atoms with Gasteiger partial charge >= 0.3 is 0 Å². The molecule has 0 aromatic carbocycles. The van der Waals surface area contributed by atoms with Crippen LogP contribution in [-0.2, 0) is 9.57 Å². The van der Waals surface area contributed by atoms with E-state index in [-0.39, 0.29) is 0 Å². The maximum absolute atomic E-state index is 5.63. The minimum Gasteiger partial charge on any atom is -0.377 e. The molecule has 2 aliphatic rings. The van der Waals surface area contributed by atoms with Crippen molar-refractivity contribution in [1.82, 2.24) is 5.48 Å². The average Bonchev–Trinajstić information content (AvgIpc) is 2.72. The summed E-state index contributed by atoms with van der Waals surface area (Å²) in [5.41, 5.74) is 3.15. The highest BCUT2D eigenvalue weighted by atomic mass is 16.7. The van der Waals surface area contributed by atoms with Crippen molar-refractivity contribution in [2.45, 2.75) is 57.3 Å². The van der Waals surface area contributed by atoms with Crippen LogP contribution in [0.15, 0.2) is 0 Å². The second kappa shape index (κ2) is 4.40. The average molecular weight is 185 g/mol. The zero-order valence-electron chi connectivity index (χ0n) is 8.29. The first-order chi connectivity index (χ1) is 6.36. The van der Waals surface area contributed by atoms with Crippen LogP contribution in [0.5, 0.6) is 0 Å². The summed E-state index contributed by atoms with van der Waals surface area (Å²) in [5.74, 6) is 0. The Balaban J connectivity index is 1.66. The molecule has 76 valence electrons. The van der Waals surface area contributed by atoms with Crippen molar-refractivity contribution < 1.29 is 9.57 Å². The molecule has 2 unspecified atom stereocenters. The summed E-state index contributed by atoms with van der Waals surface area (Å²) in [6.45, 7) is 2.97. The van der Waals surface area contributed by atoms with Gasteiger partial charge < -0.3 is 4.74 Å². The molecule has 2 rings (SSSR count). The van der Waals surface area contributed by atoms with E-state index in [2.05, 4.69) is 12.4 Å². The van der Waals surface area contributed by atoms with Crippen LogP contribution >= 0.6 is 0 Å². The second-order valence-corrected chi connectivity index (χ2v) is 4.11. The first kappa shape index (κ1) is 9.44. The largest absolute Gasteiger partial charge is 0.377 e. The molecule has 3 nitrogen and oxygen atoms in total. The summed E-state index contributed by atoms with van der Waals surface area (Å²) in [5, 5.41) is 0. The minimum atomic E-state index is 0.307. The number of hydrogen-bond acceptors (Lipinski definition) is 3. The van der Waals surface area contributed by atoms with E-state index in [0.29, 0.717) is 18.2 Å². The van der Waals surface area contributed by atoms with Gasteiger partial charge in [0.05, 0.1) is 18.2 Å². The van der Waals surface area contributed by atoms with Crippen molar-refractivity contribution in [2.75, 3.05) is 6.61 Å². The summed E-state index contributed by atoms with van der Waals surface area (Å²) in [6, 6.07) is 0.403. The molecule has 1 N–H and O–H groups in total. The van der Waals surface area contributed by atoms with Gasteiger partial charge in [0.2, 0.25) is 0 Å². The normalized spacial score (nSPS) is 35.8. The van der Waals surface area contributed by atoms with Crippen LogP contribution in [0.25, 0.3) is 0 Å². The molecule has 3 heteroatoms. The lowest BCUT2D eigenvalue weighted by atomic mass is 10.2. The monoisotopic (exact) mass is 185 g/mol. The molecule has 1 heterocycles. The Kier molecular flexibility index (Phi) is 3.19. The molecule has 1 saturated carbocycles. The van der Waals surface area contributed by atoms with Crippen molar-refractivity contribution in [2.24, 2.45) is 0 Å². The Morgan fingerprint density at radius 1 is 1.23 bits per heavy atom. The molecule has 2 fully saturated rings. The van der Waals surface area contributed by atoms with Crippen LogP contribution in [0.1, 0.15) is 39.0 Å². The van der Waals surface area contributed by atoms with Crippen LogP contribution < -0.4 is 5.48 Å². The third-order valence-electron chi connectivity index (χ3n) is 3.06. The molecule has 0 amide bonds. The van der Waals surface area contributed by atoms with Gasteiger partial charge in [-0.1, -0.05) is 12.8 Å². The van der Waals surface area contributed by atoms with Gasteiger partial charge in [-0.25, -0.2) is 0 Å². The third kappa shape index (κ3) is 2.42. The first-order valence-corrected chi connectivity index (χ1v) is 5.39. The summed E-state index contributed by atoms with van der Waals surface area (Å²) in [6.07, 6.45) is 6.92. The highest BCUT2D eigenvalue weighted by molar-refractivity contribution is 4.76. The molecule has 0 aromatic heterocycles. The Labute approximate surface area is 79.7 Å². The second-order valence-electron chi connectivity index (χ2n) is 4.11. The lowest BCUT2D eigenvalue weighted by Crippen LogP contribution is -2.37. The van der Waals surface area contributed by atoms with Crippen LogP contribution in [0.3, 0.4) is 0 Å². The van der Waals surface area contributed by atoms with E-state index in [1.54, 1.807) is 0 Å². The Morgan fingerprint density at radius 2 is 2.00 bits per heavy atom. The molecule has 2 atom stereocenters. The van der Waals surface area contributed by atoms with Crippen molar-refractivity contribution >= 4 is 0 Å². The zero-order valence-corrected chi connectivity index (χ0v) is 8.29. The van der Waals surface area contributed by atoms with E-state index in [1.807, 2.05) is 0 Å². The van der Waals surface area contributed by atoms with E-state index >= 15 is 0 Å². The van der Waals surface area contributed by atoms with Crippen LogP contribution in [0, 0.1) is 0 Å². The molecule has 0 bridgehead atoms. The summed E-state index contributed by atoms with van der Waals surface area (Å²) >= 11 is 0. The number of hydrogen-bond donors (Lipinski definition) is 1. The quantitative estimate of drug-likeness (QED) is 0.678. The van der Waals surface area contributed by atoms with Gasteiger partial charge in [-0.15, -0.1) is 0 Å². The summed E-state index contributed by atoms with van der Waals surface area (Å²) in [7, 11) is 0. The number of ether oxygens (including phenoxy) is 1. The standard InChI is InChI=1S/C10H19NO2/c1-8-10(6-7-12-8)11-13-9-4-2-3-5-9/h8-11H,2-7H2,1H3. The number of rotatable bonds is 3. The van der Waals surface area contributed by atoms with E-state index in [9.17, 15) is 0 Å². The molecule has 13 heavy (non-hydrogen) atoms. The van der Waals surface area contributed by atoms with Crippen molar-refractivity contribution in [3.05, 3.63) is 0 Å². The molecule has 0 aromatic rings. The fraction of sp³-hybridized carbons (Fsp3) is 1.00. The maximum Gasteiger partial charge on any atom is 0.0790 e. The van der Waals surface area contributed by atoms with Gasteiger partial charge in [-0.2, -0.15) is 5.48 Å². The molecule has 1 saturated heterocycles. The summed E-state index contributed by atoms with van der Waals surface area (Å²) < 4.78 is 5.44. The smallest absolute Gasteiger partial charge is 0.0790 e. The van der Waals surface area contributed by atoms with Gasteiger partial charge in [0.25, 0.3) is 0 Å². The van der Waals surface area contributed by atoms with E-state index < -0.39 is 0 Å². The molecule has 0 spiro atoms. The fourth-order valence-corrected chi connectivity index (χ4v) is 2.08.